The largest absolute Gasteiger partial charge is 0.481 e. The van der Waals surface area contributed by atoms with E-state index in [-0.39, 0.29) is 5.41 Å². The maximum absolute atomic E-state index is 10.6. The topological polar surface area (TPSA) is 46.5 Å². The molecule has 13 heavy (non-hydrogen) atoms. The molecule has 1 spiro atoms. The molecule has 2 aliphatic carbocycles. The van der Waals surface area contributed by atoms with Crippen molar-refractivity contribution in [2.75, 3.05) is 7.11 Å². The van der Waals surface area contributed by atoms with Crippen LogP contribution >= 0.6 is 0 Å². The zero-order valence-corrected chi connectivity index (χ0v) is 7.95. The number of aliphatic carboxylic acids is 1. The number of carboxylic acids is 1. The zero-order valence-electron chi connectivity index (χ0n) is 7.95. The number of methoxy groups -OCH3 is 1. The zero-order chi connectivity index (χ0) is 9.47. The molecule has 2 fully saturated rings. The molecule has 0 amide bonds. The highest BCUT2D eigenvalue weighted by Gasteiger charge is 2.58. The van der Waals surface area contributed by atoms with Gasteiger partial charge in [0.1, 0.15) is 0 Å². The average molecular weight is 184 g/mol. The molecule has 2 saturated carbocycles. The molecule has 3 heteroatoms. The van der Waals surface area contributed by atoms with Crippen LogP contribution in [0.4, 0.5) is 0 Å². The molecule has 0 aliphatic heterocycles. The molecule has 0 aromatic rings. The lowest BCUT2D eigenvalue weighted by molar-refractivity contribution is -0.191. The number of carboxylic acid groups (broad SMARTS) is 1. The van der Waals surface area contributed by atoms with Gasteiger partial charge < -0.3 is 9.84 Å². The van der Waals surface area contributed by atoms with E-state index in [0.717, 1.165) is 6.42 Å². The Kier molecular flexibility index (Phi) is 2.06. The summed E-state index contributed by atoms with van der Waals surface area (Å²) in [4.78, 5) is 10.6. The van der Waals surface area contributed by atoms with Crippen molar-refractivity contribution in [1.82, 2.24) is 0 Å². The van der Waals surface area contributed by atoms with Crippen LogP contribution < -0.4 is 0 Å². The third-order valence-electron chi connectivity index (χ3n) is 3.94. The van der Waals surface area contributed by atoms with Gasteiger partial charge in [-0.2, -0.15) is 0 Å². The summed E-state index contributed by atoms with van der Waals surface area (Å²) in [6.07, 6.45) is 5.21. The number of ether oxygens (including phenoxy) is 1. The van der Waals surface area contributed by atoms with Gasteiger partial charge in [-0.1, -0.05) is 6.42 Å². The third-order valence-corrected chi connectivity index (χ3v) is 3.94. The molecule has 1 N–H and O–H groups in total. The van der Waals surface area contributed by atoms with Gasteiger partial charge in [-0.3, -0.25) is 4.79 Å². The van der Waals surface area contributed by atoms with Crippen LogP contribution in [0.5, 0.6) is 0 Å². The van der Waals surface area contributed by atoms with Gasteiger partial charge >= 0.3 is 5.97 Å². The maximum Gasteiger partial charge on any atom is 0.303 e. The van der Waals surface area contributed by atoms with E-state index in [1.54, 1.807) is 7.11 Å². The van der Waals surface area contributed by atoms with E-state index < -0.39 is 5.97 Å². The van der Waals surface area contributed by atoms with Crippen molar-refractivity contribution in [3.63, 3.8) is 0 Å². The summed E-state index contributed by atoms with van der Waals surface area (Å²) in [5.41, 5.74) is 0.257. The molecule has 0 aromatic carbocycles. The highest BCUT2D eigenvalue weighted by molar-refractivity contribution is 5.67. The van der Waals surface area contributed by atoms with Gasteiger partial charge in [0.05, 0.1) is 6.10 Å². The predicted octanol–water partition coefficient (Wildman–Crippen LogP) is 1.67. The van der Waals surface area contributed by atoms with Crippen molar-refractivity contribution in [1.29, 1.82) is 0 Å². The van der Waals surface area contributed by atoms with Crippen molar-refractivity contribution in [2.45, 2.75) is 38.2 Å². The summed E-state index contributed by atoms with van der Waals surface area (Å²) in [5.74, 6) is -0.283. The van der Waals surface area contributed by atoms with Gasteiger partial charge in [-0.25, -0.2) is 0 Å². The minimum absolute atomic E-state index is 0.257. The van der Waals surface area contributed by atoms with Gasteiger partial charge in [0.25, 0.3) is 0 Å². The summed E-state index contributed by atoms with van der Waals surface area (Å²) in [6, 6.07) is 0. The Hall–Kier alpha value is -0.570. The minimum atomic E-state index is -0.661. The number of hydrogen-bond acceptors (Lipinski definition) is 2. The van der Waals surface area contributed by atoms with E-state index in [9.17, 15) is 4.79 Å². The molecule has 2 rings (SSSR count). The standard InChI is InChI=1S/C10H16O3/c1-13-8-5-7(6-9(11)12)10(8)3-2-4-10/h7-8H,2-6H2,1H3,(H,11,12). The van der Waals surface area contributed by atoms with Crippen LogP contribution in [0.3, 0.4) is 0 Å². The third kappa shape index (κ3) is 1.17. The number of carbonyl (C=O) groups is 1. The first kappa shape index (κ1) is 9.00. The Bertz CT molecular complexity index is 220. The van der Waals surface area contributed by atoms with Crippen LogP contribution in [0, 0.1) is 11.3 Å². The van der Waals surface area contributed by atoms with E-state index in [2.05, 4.69) is 0 Å². The quantitative estimate of drug-likeness (QED) is 0.725. The Balaban J connectivity index is 1.97. The van der Waals surface area contributed by atoms with Crippen molar-refractivity contribution >= 4 is 5.97 Å². The SMILES string of the molecule is COC1CC(CC(=O)O)C12CCC2. The van der Waals surface area contributed by atoms with Gasteiger partial charge in [-0.15, -0.1) is 0 Å². The van der Waals surface area contributed by atoms with Gasteiger partial charge in [0, 0.05) is 18.9 Å². The highest BCUT2D eigenvalue weighted by Crippen LogP contribution is 2.61. The maximum atomic E-state index is 10.6. The first-order valence-corrected chi connectivity index (χ1v) is 4.93. The first-order valence-electron chi connectivity index (χ1n) is 4.93. The van der Waals surface area contributed by atoms with Gasteiger partial charge in [0.2, 0.25) is 0 Å². The first-order chi connectivity index (χ1) is 6.19. The summed E-state index contributed by atoms with van der Waals surface area (Å²) < 4.78 is 5.36. The molecule has 0 heterocycles. The summed E-state index contributed by atoms with van der Waals surface area (Å²) >= 11 is 0. The van der Waals surface area contributed by atoms with Gasteiger partial charge in [-0.05, 0) is 25.2 Å². The molecule has 2 atom stereocenters. The number of rotatable bonds is 3. The van der Waals surface area contributed by atoms with Crippen LogP contribution in [0.25, 0.3) is 0 Å². The van der Waals surface area contributed by atoms with E-state index >= 15 is 0 Å². The second-order valence-electron chi connectivity index (χ2n) is 4.34. The highest BCUT2D eigenvalue weighted by atomic mass is 16.5. The molecular formula is C10H16O3. The van der Waals surface area contributed by atoms with E-state index in [4.69, 9.17) is 9.84 Å². The fourth-order valence-electron chi connectivity index (χ4n) is 2.97. The molecule has 0 aromatic heterocycles. The molecule has 2 unspecified atom stereocenters. The summed E-state index contributed by atoms with van der Waals surface area (Å²) in [7, 11) is 1.74. The monoisotopic (exact) mass is 184 g/mol. The summed E-state index contributed by atoms with van der Waals surface area (Å²) in [6.45, 7) is 0. The Morgan fingerprint density at radius 2 is 2.31 bits per heavy atom. The van der Waals surface area contributed by atoms with Gasteiger partial charge in [0.15, 0.2) is 0 Å². The van der Waals surface area contributed by atoms with Crippen molar-refractivity contribution in [3.8, 4) is 0 Å². The lowest BCUT2D eigenvalue weighted by Gasteiger charge is -2.60. The molecule has 3 nitrogen and oxygen atoms in total. The molecule has 74 valence electrons. The van der Waals surface area contributed by atoms with Crippen LogP contribution in [-0.4, -0.2) is 24.3 Å². The molecule has 2 aliphatic rings. The lowest BCUT2D eigenvalue weighted by Crippen LogP contribution is -2.58. The van der Waals surface area contributed by atoms with E-state index in [1.165, 1.54) is 19.3 Å². The van der Waals surface area contributed by atoms with Crippen LogP contribution in [-0.2, 0) is 9.53 Å². The second kappa shape index (κ2) is 2.98. The average Bonchev–Trinajstić information content (AvgIpc) is 1.93. The second-order valence-corrected chi connectivity index (χ2v) is 4.34. The molecular weight excluding hydrogens is 168 g/mol. The minimum Gasteiger partial charge on any atom is -0.481 e. The van der Waals surface area contributed by atoms with E-state index in [1.807, 2.05) is 0 Å². The predicted molar refractivity (Wildman–Crippen MR) is 47.4 cm³/mol. The number of hydrogen-bond donors (Lipinski definition) is 1. The van der Waals surface area contributed by atoms with Crippen molar-refractivity contribution < 1.29 is 14.6 Å². The molecule has 0 bridgehead atoms. The normalized spacial score (nSPS) is 35.2. The smallest absolute Gasteiger partial charge is 0.303 e. The van der Waals surface area contributed by atoms with Crippen LogP contribution in [0.15, 0.2) is 0 Å². The Labute approximate surface area is 78.1 Å². The fourth-order valence-corrected chi connectivity index (χ4v) is 2.97. The Morgan fingerprint density at radius 1 is 1.62 bits per heavy atom. The van der Waals surface area contributed by atoms with Crippen LogP contribution in [0.1, 0.15) is 32.1 Å². The van der Waals surface area contributed by atoms with Crippen LogP contribution in [0.2, 0.25) is 0 Å². The summed E-state index contributed by atoms with van der Waals surface area (Å²) in [5, 5.41) is 8.72. The van der Waals surface area contributed by atoms with Crippen molar-refractivity contribution in [3.05, 3.63) is 0 Å². The van der Waals surface area contributed by atoms with E-state index in [0.29, 0.717) is 18.4 Å². The fraction of sp³-hybridized carbons (Fsp3) is 0.900. The molecule has 0 saturated heterocycles. The Morgan fingerprint density at radius 3 is 2.69 bits per heavy atom. The lowest BCUT2D eigenvalue weighted by atomic mass is 9.47. The van der Waals surface area contributed by atoms with Crippen molar-refractivity contribution in [2.24, 2.45) is 11.3 Å². The molecule has 0 radical (unpaired) electrons.